The molecule has 0 spiro atoms. The molecule has 0 radical (unpaired) electrons. The van der Waals surface area contributed by atoms with Gasteiger partial charge in [0.1, 0.15) is 5.75 Å². The minimum atomic E-state index is -0.598. The molecule has 2 aromatic rings. The minimum absolute atomic E-state index is 0.0690. The Labute approximate surface area is 176 Å². The normalized spacial score (nSPS) is 15.8. The highest BCUT2D eigenvalue weighted by Crippen LogP contribution is 2.30. The average molecular weight is 410 g/mol. The number of carbonyl (C=O) groups excluding carboxylic acids is 3. The van der Waals surface area contributed by atoms with E-state index in [4.69, 9.17) is 9.47 Å². The highest BCUT2D eigenvalue weighted by molar-refractivity contribution is 6.00. The summed E-state index contributed by atoms with van der Waals surface area (Å²) in [4.78, 5) is 38.7. The molecule has 7 heteroatoms. The summed E-state index contributed by atoms with van der Waals surface area (Å²) in [6.45, 7) is 5.65. The molecule has 0 saturated carbocycles. The largest absolute Gasteiger partial charge is 0.495 e. The molecule has 2 aromatic carbocycles. The fourth-order valence-electron chi connectivity index (χ4n) is 3.49. The number of aryl methyl sites for hydroxylation is 2. The van der Waals surface area contributed by atoms with Crippen LogP contribution in [0.5, 0.6) is 5.75 Å². The molecule has 1 saturated heterocycles. The van der Waals surface area contributed by atoms with Crippen LogP contribution in [0.15, 0.2) is 36.4 Å². The van der Waals surface area contributed by atoms with E-state index in [1.807, 2.05) is 45.0 Å². The van der Waals surface area contributed by atoms with Crippen LogP contribution in [0, 0.1) is 26.7 Å². The number of nitrogens with one attached hydrogen (secondary N) is 1. The van der Waals surface area contributed by atoms with E-state index in [2.05, 4.69) is 5.32 Å². The molecular formula is C23H26N2O5. The number of methoxy groups -OCH3 is 1. The Kier molecular flexibility index (Phi) is 6.40. The van der Waals surface area contributed by atoms with E-state index in [0.29, 0.717) is 11.4 Å². The molecule has 2 amide bonds. The molecule has 3 rings (SSSR count). The van der Waals surface area contributed by atoms with Crippen molar-refractivity contribution in [2.45, 2.75) is 27.2 Å². The molecule has 1 heterocycles. The van der Waals surface area contributed by atoms with Gasteiger partial charge in [0.05, 0.1) is 18.7 Å². The summed E-state index contributed by atoms with van der Waals surface area (Å²) in [5.74, 6) is -1.23. The van der Waals surface area contributed by atoms with Gasteiger partial charge in [0.15, 0.2) is 6.61 Å². The number of nitrogens with zero attached hydrogens (tertiary/aromatic N) is 1. The van der Waals surface area contributed by atoms with Gasteiger partial charge >= 0.3 is 5.97 Å². The summed E-state index contributed by atoms with van der Waals surface area (Å²) in [7, 11) is 1.51. The maximum atomic E-state index is 12.5. The second-order valence-electron chi connectivity index (χ2n) is 7.48. The Morgan fingerprint density at radius 1 is 1.17 bits per heavy atom. The maximum absolute atomic E-state index is 12.5. The predicted octanol–water partition coefficient (Wildman–Crippen LogP) is 3.16. The Morgan fingerprint density at radius 2 is 1.93 bits per heavy atom. The summed E-state index contributed by atoms with van der Waals surface area (Å²) < 4.78 is 10.4. The molecule has 0 aromatic heterocycles. The first-order chi connectivity index (χ1) is 14.3. The molecule has 1 fully saturated rings. The van der Waals surface area contributed by atoms with Gasteiger partial charge in [-0.25, -0.2) is 0 Å². The molecule has 0 bridgehead atoms. The zero-order valence-corrected chi connectivity index (χ0v) is 17.7. The molecule has 1 atom stereocenters. The monoisotopic (exact) mass is 410 g/mol. The molecule has 0 aliphatic carbocycles. The number of benzene rings is 2. The molecule has 0 unspecified atom stereocenters. The third-order valence-electron chi connectivity index (χ3n) is 5.30. The smallest absolute Gasteiger partial charge is 0.311 e. The van der Waals surface area contributed by atoms with Crippen LogP contribution in [0.4, 0.5) is 11.4 Å². The van der Waals surface area contributed by atoms with Gasteiger partial charge in [0.2, 0.25) is 5.91 Å². The molecule has 1 aliphatic rings. The number of hydrogen-bond donors (Lipinski definition) is 1. The van der Waals surface area contributed by atoms with Gasteiger partial charge in [-0.2, -0.15) is 0 Å². The van der Waals surface area contributed by atoms with Gasteiger partial charge in [0.25, 0.3) is 5.91 Å². The van der Waals surface area contributed by atoms with Crippen LogP contribution >= 0.6 is 0 Å². The number of amides is 2. The first-order valence-electron chi connectivity index (χ1n) is 9.78. The molecule has 158 valence electrons. The van der Waals surface area contributed by atoms with Gasteiger partial charge in [0, 0.05) is 18.7 Å². The summed E-state index contributed by atoms with van der Waals surface area (Å²) in [6.07, 6.45) is 0.0690. The van der Waals surface area contributed by atoms with Crippen LogP contribution in [0.1, 0.15) is 23.1 Å². The highest BCUT2D eigenvalue weighted by atomic mass is 16.5. The lowest BCUT2D eigenvalue weighted by atomic mass is 10.1. The lowest BCUT2D eigenvalue weighted by Crippen LogP contribution is -2.28. The fraction of sp³-hybridized carbons (Fsp3) is 0.348. The van der Waals surface area contributed by atoms with Crippen LogP contribution in [0.3, 0.4) is 0 Å². The maximum Gasteiger partial charge on any atom is 0.311 e. The Balaban J connectivity index is 1.58. The zero-order chi connectivity index (χ0) is 21.8. The van der Waals surface area contributed by atoms with Crippen LogP contribution < -0.4 is 15.0 Å². The van der Waals surface area contributed by atoms with Crippen molar-refractivity contribution in [3.63, 3.8) is 0 Å². The second-order valence-corrected chi connectivity index (χ2v) is 7.48. The number of anilines is 2. The van der Waals surface area contributed by atoms with E-state index in [0.717, 1.165) is 22.4 Å². The standard InChI is InChI=1S/C23H26N2O5/c1-14-8-9-20(29-4)18(10-14)24-21(26)13-30-23(28)17-11-22(27)25(12-17)19-7-5-6-15(2)16(19)3/h5-10,17H,11-13H2,1-4H3,(H,24,26)/t17-/m1/s1. The lowest BCUT2D eigenvalue weighted by molar-refractivity contribution is -0.151. The number of carbonyl (C=O) groups is 3. The number of hydrogen-bond acceptors (Lipinski definition) is 5. The van der Waals surface area contributed by atoms with Crippen molar-refractivity contribution in [2.75, 3.05) is 30.5 Å². The first kappa shape index (κ1) is 21.4. The van der Waals surface area contributed by atoms with E-state index >= 15 is 0 Å². The van der Waals surface area contributed by atoms with Crippen molar-refractivity contribution >= 4 is 29.2 Å². The van der Waals surface area contributed by atoms with Gasteiger partial charge in [-0.15, -0.1) is 0 Å². The molecule has 1 aliphatic heterocycles. The highest BCUT2D eigenvalue weighted by Gasteiger charge is 2.37. The lowest BCUT2D eigenvalue weighted by Gasteiger charge is -2.20. The van der Waals surface area contributed by atoms with E-state index in [9.17, 15) is 14.4 Å². The van der Waals surface area contributed by atoms with Gasteiger partial charge in [-0.1, -0.05) is 18.2 Å². The predicted molar refractivity (Wildman–Crippen MR) is 114 cm³/mol. The molecule has 7 nitrogen and oxygen atoms in total. The molecular weight excluding hydrogens is 384 g/mol. The van der Waals surface area contributed by atoms with Crippen molar-refractivity contribution in [1.29, 1.82) is 0 Å². The van der Waals surface area contributed by atoms with E-state index in [1.54, 1.807) is 17.0 Å². The second kappa shape index (κ2) is 8.98. The molecule has 30 heavy (non-hydrogen) atoms. The van der Waals surface area contributed by atoms with Crippen molar-refractivity contribution in [3.8, 4) is 5.75 Å². The van der Waals surface area contributed by atoms with Crippen molar-refractivity contribution in [3.05, 3.63) is 53.1 Å². The van der Waals surface area contributed by atoms with Crippen molar-refractivity contribution in [2.24, 2.45) is 5.92 Å². The van der Waals surface area contributed by atoms with E-state index in [-0.39, 0.29) is 18.9 Å². The fourth-order valence-corrected chi connectivity index (χ4v) is 3.49. The Morgan fingerprint density at radius 3 is 2.67 bits per heavy atom. The topological polar surface area (TPSA) is 84.9 Å². The van der Waals surface area contributed by atoms with Crippen molar-refractivity contribution in [1.82, 2.24) is 0 Å². The van der Waals surface area contributed by atoms with Crippen molar-refractivity contribution < 1.29 is 23.9 Å². The van der Waals surface area contributed by atoms with Crippen LogP contribution in [0.25, 0.3) is 0 Å². The van der Waals surface area contributed by atoms with E-state index < -0.39 is 24.4 Å². The van der Waals surface area contributed by atoms with Gasteiger partial charge in [-0.05, 0) is 55.7 Å². The Hall–Kier alpha value is -3.35. The first-order valence-corrected chi connectivity index (χ1v) is 9.78. The van der Waals surface area contributed by atoms with Gasteiger partial charge < -0.3 is 19.7 Å². The van der Waals surface area contributed by atoms with Crippen LogP contribution in [0.2, 0.25) is 0 Å². The number of rotatable bonds is 6. The van der Waals surface area contributed by atoms with Crippen LogP contribution in [-0.4, -0.2) is 38.0 Å². The van der Waals surface area contributed by atoms with E-state index in [1.165, 1.54) is 7.11 Å². The zero-order valence-electron chi connectivity index (χ0n) is 17.7. The third kappa shape index (κ3) is 4.62. The molecule has 1 N–H and O–H groups in total. The third-order valence-corrected chi connectivity index (χ3v) is 5.30. The average Bonchev–Trinajstić information content (AvgIpc) is 3.10. The van der Waals surface area contributed by atoms with Gasteiger partial charge in [-0.3, -0.25) is 14.4 Å². The Bertz CT molecular complexity index is 986. The summed E-state index contributed by atoms with van der Waals surface area (Å²) >= 11 is 0. The van der Waals surface area contributed by atoms with Crippen LogP contribution in [-0.2, 0) is 19.1 Å². The number of ether oxygens (including phenoxy) is 2. The minimum Gasteiger partial charge on any atom is -0.495 e. The number of esters is 1. The summed E-state index contributed by atoms with van der Waals surface area (Å²) in [5.41, 5.74) is 4.36. The SMILES string of the molecule is COc1ccc(C)cc1NC(=O)COC(=O)[C@@H]1CC(=O)N(c2cccc(C)c2C)C1. The summed E-state index contributed by atoms with van der Waals surface area (Å²) in [5, 5.41) is 2.69. The summed E-state index contributed by atoms with van der Waals surface area (Å²) in [6, 6.07) is 11.1. The quantitative estimate of drug-likeness (QED) is 0.740.